The first-order chi connectivity index (χ1) is 6.63. The molecule has 0 aromatic carbocycles. The average molecular weight is 236 g/mol. The molecule has 0 aliphatic heterocycles. The average Bonchev–Trinajstić information content (AvgIpc) is 2.12. The summed E-state index contributed by atoms with van der Waals surface area (Å²) in [6, 6.07) is 0. The van der Waals surface area contributed by atoms with Gasteiger partial charge in [-0.3, -0.25) is 4.79 Å². The van der Waals surface area contributed by atoms with Crippen molar-refractivity contribution >= 4 is 35.0 Å². The lowest BCUT2D eigenvalue weighted by Gasteiger charge is -2.14. The van der Waals surface area contributed by atoms with Crippen molar-refractivity contribution in [2.75, 3.05) is 19.8 Å². The summed E-state index contributed by atoms with van der Waals surface area (Å²) in [6.07, 6.45) is 0.537. The van der Waals surface area contributed by atoms with Gasteiger partial charge in [0.1, 0.15) is 0 Å². The van der Waals surface area contributed by atoms with Gasteiger partial charge in [-0.2, -0.15) is 0 Å². The highest BCUT2D eigenvalue weighted by molar-refractivity contribution is 7.96. The molecule has 0 aromatic heterocycles. The van der Waals surface area contributed by atoms with Crippen LogP contribution in [0.3, 0.4) is 0 Å². The second kappa shape index (κ2) is 8.20. The molecule has 0 amide bonds. The van der Waals surface area contributed by atoms with E-state index in [9.17, 15) is 4.79 Å². The van der Waals surface area contributed by atoms with Crippen molar-refractivity contribution in [1.82, 2.24) is 0 Å². The number of thiocarbonyl (C=S) groups is 1. The summed E-state index contributed by atoms with van der Waals surface area (Å²) in [5, 5.41) is 0.0513. The molecule has 0 bridgehead atoms. The van der Waals surface area contributed by atoms with Gasteiger partial charge in [-0.1, -0.05) is 0 Å². The van der Waals surface area contributed by atoms with E-state index in [4.69, 9.17) is 21.7 Å². The largest absolute Gasteiger partial charge is 0.487 e. The third-order valence-corrected chi connectivity index (χ3v) is 2.34. The van der Waals surface area contributed by atoms with Gasteiger partial charge in [-0.15, -0.1) is 12.6 Å². The molecule has 14 heavy (non-hydrogen) atoms. The van der Waals surface area contributed by atoms with Gasteiger partial charge in [0.25, 0.3) is 0 Å². The zero-order chi connectivity index (χ0) is 11.0. The summed E-state index contributed by atoms with van der Waals surface area (Å²) in [6.45, 7) is 5.34. The van der Waals surface area contributed by atoms with Crippen LogP contribution in [-0.2, 0) is 14.3 Å². The van der Waals surface area contributed by atoms with Gasteiger partial charge in [-0.05, 0) is 32.5 Å². The molecule has 5 heteroatoms. The van der Waals surface area contributed by atoms with Crippen molar-refractivity contribution in [2.24, 2.45) is 5.92 Å². The Morgan fingerprint density at radius 2 is 2.07 bits per heavy atom. The molecule has 0 saturated carbocycles. The Morgan fingerprint density at radius 1 is 1.43 bits per heavy atom. The van der Waals surface area contributed by atoms with Crippen LogP contribution in [0.5, 0.6) is 0 Å². The van der Waals surface area contributed by atoms with Crippen molar-refractivity contribution in [2.45, 2.75) is 20.3 Å². The van der Waals surface area contributed by atoms with E-state index in [1.807, 2.05) is 13.8 Å². The molecule has 0 fully saturated rings. The highest BCUT2D eigenvalue weighted by atomic mass is 32.1. The fourth-order valence-electron chi connectivity index (χ4n) is 0.931. The smallest absolute Gasteiger partial charge is 0.197 e. The van der Waals surface area contributed by atoms with Crippen molar-refractivity contribution in [3.05, 3.63) is 0 Å². The van der Waals surface area contributed by atoms with Crippen molar-refractivity contribution in [3.8, 4) is 0 Å². The van der Waals surface area contributed by atoms with E-state index in [-0.39, 0.29) is 5.12 Å². The Labute approximate surface area is 95.6 Å². The molecule has 1 atom stereocenters. The highest BCUT2D eigenvalue weighted by Gasteiger charge is 2.21. The second-order valence-corrected chi connectivity index (χ2v) is 3.47. The molecule has 0 N–H and O–H groups in total. The van der Waals surface area contributed by atoms with Gasteiger partial charge in [0.15, 0.2) is 10.2 Å². The fourth-order valence-corrected chi connectivity index (χ4v) is 1.61. The van der Waals surface area contributed by atoms with Crippen LogP contribution in [0.1, 0.15) is 20.3 Å². The highest BCUT2D eigenvalue weighted by Crippen LogP contribution is 2.11. The Bertz CT molecular complexity index is 194. The van der Waals surface area contributed by atoms with E-state index in [1.165, 1.54) is 0 Å². The standard InChI is InChI=1S/C9H16O3S2/c1-3-11-6-5-7(8(10)13)9(14)12-4-2/h7H,3-6H2,1-2H3,(H,10,13). The van der Waals surface area contributed by atoms with Gasteiger partial charge in [0.05, 0.1) is 12.5 Å². The number of carbonyl (C=O) groups excluding carboxylic acids is 1. The molecule has 0 radical (unpaired) electrons. The summed E-state index contributed by atoms with van der Waals surface area (Å²) in [4.78, 5) is 11.1. The summed E-state index contributed by atoms with van der Waals surface area (Å²) < 4.78 is 10.2. The van der Waals surface area contributed by atoms with E-state index < -0.39 is 5.92 Å². The summed E-state index contributed by atoms with van der Waals surface area (Å²) in [5.74, 6) is -0.431. The second-order valence-electron chi connectivity index (χ2n) is 2.63. The molecule has 3 nitrogen and oxygen atoms in total. The number of rotatable bonds is 7. The molecule has 0 aliphatic rings. The van der Waals surface area contributed by atoms with Gasteiger partial charge >= 0.3 is 0 Å². The maximum absolute atomic E-state index is 11.1. The molecule has 82 valence electrons. The zero-order valence-electron chi connectivity index (χ0n) is 8.49. The first-order valence-electron chi connectivity index (χ1n) is 4.60. The Morgan fingerprint density at radius 3 is 2.50 bits per heavy atom. The topological polar surface area (TPSA) is 35.5 Å². The minimum absolute atomic E-state index is 0.261. The first-order valence-corrected chi connectivity index (χ1v) is 5.46. The number of carbonyl (C=O) groups is 1. The first kappa shape index (κ1) is 13.9. The molecule has 0 rings (SSSR count). The number of thiol groups is 1. The molecular formula is C9H16O3S2. The van der Waals surface area contributed by atoms with Crippen LogP contribution in [0.25, 0.3) is 0 Å². The molecule has 0 spiro atoms. The Hall–Kier alpha value is -0.130. The Kier molecular flexibility index (Phi) is 8.12. The predicted octanol–water partition coefficient (Wildman–Crippen LogP) is 1.85. The van der Waals surface area contributed by atoms with Crippen molar-refractivity contribution < 1.29 is 14.3 Å². The molecule has 0 saturated heterocycles. The van der Waals surface area contributed by atoms with E-state index in [0.717, 1.165) is 0 Å². The van der Waals surface area contributed by atoms with Gasteiger partial charge < -0.3 is 9.47 Å². The molecule has 0 aromatic rings. The minimum atomic E-state index is -0.431. The van der Waals surface area contributed by atoms with Gasteiger partial charge in [-0.25, -0.2) is 0 Å². The van der Waals surface area contributed by atoms with Crippen LogP contribution in [0.4, 0.5) is 0 Å². The minimum Gasteiger partial charge on any atom is -0.487 e. The number of hydrogen-bond donors (Lipinski definition) is 1. The SMILES string of the molecule is CCOCCC(C(=O)S)C(=S)OCC. The third-order valence-electron chi connectivity index (χ3n) is 1.62. The summed E-state index contributed by atoms with van der Waals surface area (Å²) in [7, 11) is 0. The van der Waals surface area contributed by atoms with Crippen molar-refractivity contribution in [3.63, 3.8) is 0 Å². The van der Waals surface area contributed by atoms with Crippen LogP contribution in [0, 0.1) is 5.92 Å². The monoisotopic (exact) mass is 236 g/mol. The molecule has 0 aliphatic carbocycles. The van der Waals surface area contributed by atoms with Gasteiger partial charge in [0.2, 0.25) is 0 Å². The maximum atomic E-state index is 11.1. The fraction of sp³-hybridized carbons (Fsp3) is 0.778. The number of hydrogen-bond acceptors (Lipinski definition) is 4. The predicted molar refractivity (Wildman–Crippen MR) is 62.8 cm³/mol. The van der Waals surface area contributed by atoms with Crippen molar-refractivity contribution in [1.29, 1.82) is 0 Å². The van der Waals surface area contributed by atoms with E-state index >= 15 is 0 Å². The lowest BCUT2D eigenvalue weighted by Crippen LogP contribution is -2.23. The third kappa shape index (κ3) is 5.57. The van der Waals surface area contributed by atoms with Crippen LogP contribution < -0.4 is 0 Å². The van der Waals surface area contributed by atoms with Crippen LogP contribution in [0.2, 0.25) is 0 Å². The molecular weight excluding hydrogens is 220 g/mol. The van der Waals surface area contributed by atoms with Crippen LogP contribution in [-0.4, -0.2) is 30.0 Å². The lowest BCUT2D eigenvalue weighted by molar-refractivity contribution is -0.113. The zero-order valence-corrected chi connectivity index (χ0v) is 10.2. The molecule has 0 heterocycles. The quantitative estimate of drug-likeness (QED) is 0.416. The number of ether oxygens (including phenoxy) is 2. The van der Waals surface area contributed by atoms with E-state index in [2.05, 4.69) is 12.6 Å². The Balaban J connectivity index is 4.01. The summed E-state index contributed by atoms with van der Waals surface area (Å²) >= 11 is 8.72. The maximum Gasteiger partial charge on any atom is 0.197 e. The van der Waals surface area contributed by atoms with Gasteiger partial charge in [0, 0.05) is 13.2 Å². The van der Waals surface area contributed by atoms with Crippen LogP contribution in [0.15, 0.2) is 0 Å². The lowest BCUT2D eigenvalue weighted by atomic mass is 10.1. The van der Waals surface area contributed by atoms with Crippen LogP contribution >= 0.6 is 24.8 Å². The van der Waals surface area contributed by atoms with E-state index in [0.29, 0.717) is 31.3 Å². The molecule has 1 unspecified atom stereocenters. The van der Waals surface area contributed by atoms with E-state index in [1.54, 1.807) is 0 Å². The summed E-state index contributed by atoms with van der Waals surface area (Å²) in [5.41, 5.74) is 0. The normalized spacial score (nSPS) is 12.2.